The first kappa shape index (κ1) is 18.6. The van der Waals surface area contributed by atoms with Crippen LogP contribution in [0.2, 0.25) is 0 Å². The maximum atomic E-state index is 14.5. The van der Waals surface area contributed by atoms with Crippen molar-refractivity contribution in [1.82, 2.24) is 9.88 Å². The highest BCUT2D eigenvalue weighted by atomic mass is 19.1. The molecule has 1 aromatic carbocycles. The number of phenols is 1. The fourth-order valence-electron chi connectivity index (χ4n) is 3.34. The third-order valence-electron chi connectivity index (χ3n) is 4.84. The molecule has 2 unspecified atom stereocenters. The Morgan fingerprint density at radius 2 is 2.15 bits per heavy atom. The molecular formula is C20H23FN4O2. The first-order valence-corrected chi connectivity index (χ1v) is 8.70. The van der Waals surface area contributed by atoms with Gasteiger partial charge in [-0.05, 0) is 36.8 Å². The lowest BCUT2D eigenvalue weighted by Gasteiger charge is -2.34. The highest BCUT2D eigenvalue weighted by molar-refractivity contribution is 5.87. The number of phenolic OH excluding ortho intramolecular Hbond substituents is 1. The van der Waals surface area contributed by atoms with Crippen LogP contribution in [0.1, 0.15) is 29.2 Å². The molecule has 1 amide bonds. The number of likely N-dealkylation sites (tertiary alicyclic amines) is 1. The van der Waals surface area contributed by atoms with E-state index in [2.05, 4.69) is 11.6 Å². The predicted octanol–water partition coefficient (Wildman–Crippen LogP) is 2.60. The van der Waals surface area contributed by atoms with Crippen LogP contribution in [0.5, 0.6) is 5.75 Å². The average molecular weight is 370 g/mol. The van der Waals surface area contributed by atoms with E-state index in [0.29, 0.717) is 34.9 Å². The number of anilines is 1. The number of amides is 1. The molecule has 1 fully saturated rings. The van der Waals surface area contributed by atoms with Crippen LogP contribution in [0.3, 0.4) is 0 Å². The molecule has 2 atom stereocenters. The standard InChI is InChI=1S/C20H23FN4O2/c1-2-19(27)25-8-7-15(21)14(11-25)17-10-12(20(23)24-17)9-16(22)13-5-3-4-6-18(13)26/h2-6,9-10,14-15,24,26H,1,7-8,11,22-23H2/b16-9-. The van der Waals surface area contributed by atoms with Crippen LogP contribution in [0, 0.1) is 0 Å². The first-order chi connectivity index (χ1) is 12.9. The van der Waals surface area contributed by atoms with Gasteiger partial charge in [-0.1, -0.05) is 18.7 Å². The molecular weight excluding hydrogens is 347 g/mol. The summed E-state index contributed by atoms with van der Waals surface area (Å²) in [6, 6.07) is 8.45. The van der Waals surface area contributed by atoms with Crippen LogP contribution in [0.25, 0.3) is 11.8 Å². The van der Waals surface area contributed by atoms with E-state index in [1.165, 1.54) is 6.08 Å². The van der Waals surface area contributed by atoms with Crippen LogP contribution in [-0.2, 0) is 4.79 Å². The van der Waals surface area contributed by atoms with Gasteiger partial charge in [0.25, 0.3) is 0 Å². The highest BCUT2D eigenvalue weighted by Gasteiger charge is 2.33. The molecule has 0 aliphatic carbocycles. The second kappa shape index (κ2) is 7.57. The highest BCUT2D eigenvalue weighted by Crippen LogP contribution is 2.32. The molecule has 7 heteroatoms. The van der Waals surface area contributed by atoms with Gasteiger partial charge in [0, 0.05) is 41.5 Å². The van der Waals surface area contributed by atoms with E-state index >= 15 is 0 Å². The largest absolute Gasteiger partial charge is 0.507 e. The van der Waals surface area contributed by atoms with Crippen molar-refractivity contribution < 1.29 is 14.3 Å². The number of nitrogen functional groups attached to an aromatic ring is 1. The number of aromatic nitrogens is 1. The second-order valence-corrected chi connectivity index (χ2v) is 6.61. The Bertz CT molecular complexity index is 890. The molecule has 1 aliphatic heterocycles. The van der Waals surface area contributed by atoms with Gasteiger partial charge in [-0.25, -0.2) is 4.39 Å². The summed E-state index contributed by atoms with van der Waals surface area (Å²) in [5, 5.41) is 9.92. The summed E-state index contributed by atoms with van der Waals surface area (Å²) in [4.78, 5) is 16.4. The van der Waals surface area contributed by atoms with Gasteiger partial charge in [0.15, 0.2) is 0 Å². The number of aromatic hydroxyl groups is 1. The van der Waals surface area contributed by atoms with Crippen molar-refractivity contribution in [3.05, 3.63) is 59.8 Å². The van der Waals surface area contributed by atoms with Gasteiger partial charge in [-0.15, -0.1) is 0 Å². The average Bonchev–Trinajstić information content (AvgIpc) is 3.02. The number of para-hydroxylation sites is 1. The van der Waals surface area contributed by atoms with Gasteiger partial charge in [0.2, 0.25) is 5.91 Å². The molecule has 1 aromatic heterocycles. The molecule has 3 rings (SSSR count). The second-order valence-electron chi connectivity index (χ2n) is 6.61. The molecule has 6 nitrogen and oxygen atoms in total. The Hall–Kier alpha value is -3.22. The molecule has 1 aliphatic rings. The molecule has 142 valence electrons. The fourth-order valence-corrected chi connectivity index (χ4v) is 3.34. The third kappa shape index (κ3) is 3.81. The number of rotatable bonds is 4. The van der Waals surface area contributed by atoms with Crippen molar-refractivity contribution in [1.29, 1.82) is 0 Å². The number of carbonyl (C=O) groups is 1. The topological polar surface area (TPSA) is 108 Å². The first-order valence-electron chi connectivity index (χ1n) is 8.70. The lowest BCUT2D eigenvalue weighted by molar-refractivity contribution is -0.127. The smallest absolute Gasteiger partial charge is 0.245 e. The van der Waals surface area contributed by atoms with Crippen molar-refractivity contribution in [2.24, 2.45) is 5.73 Å². The number of hydrogen-bond acceptors (Lipinski definition) is 4. The number of H-pyrrole nitrogens is 1. The van der Waals surface area contributed by atoms with Crippen LogP contribution in [0.15, 0.2) is 43.0 Å². The van der Waals surface area contributed by atoms with Gasteiger partial charge in [0.1, 0.15) is 17.7 Å². The van der Waals surface area contributed by atoms with E-state index in [1.807, 2.05) is 0 Å². The Morgan fingerprint density at radius 1 is 1.41 bits per heavy atom. The number of carbonyl (C=O) groups excluding carboxylic acids is 1. The van der Waals surface area contributed by atoms with Crippen LogP contribution < -0.4 is 11.5 Å². The minimum Gasteiger partial charge on any atom is -0.507 e. The predicted molar refractivity (Wildman–Crippen MR) is 104 cm³/mol. The van der Waals surface area contributed by atoms with Crippen molar-refractivity contribution in [3.8, 4) is 5.75 Å². The van der Waals surface area contributed by atoms with Gasteiger partial charge in [-0.3, -0.25) is 4.79 Å². The summed E-state index contributed by atoms with van der Waals surface area (Å²) < 4.78 is 14.5. The molecule has 1 saturated heterocycles. The van der Waals surface area contributed by atoms with E-state index in [1.54, 1.807) is 41.3 Å². The maximum absolute atomic E-state index is 14.5. The minimum absolute atomic E-state index is 0.0651. The lowest BCUT2D eigenvalue weighted by atomic mass is 9.92. The van der Waals surface area contributed by atoms with Crippen molar-refractivity contribution in [3.63, 3.8) is 0 Å². The molecule has 2 aromatic rings. The summed E-state index contributed by atoms with van der Waals surface area (Å²) in [6.45, 7) is 4.11. The summed E-state index contributed by atoms with van der Waals surface area (Å²) in [6.07, 6.45) is 2.05. The Labute approximate surface area is 157 Å². The van der Waals surface area contributed by atoms with Crippen LogP contribution in [0.4, 0.5) is 10.2 Å². The number of benzene rings is 1. The Balaban J connectivity index is 1.87. The zero-order chi connectivity index (χ0) is 19.6. The SMILES string of the molecule is C=CC(=O)N1CCC(F)C(c2cc(/C=C(\N)c3ccccc3O)c(N)[nH]2)C1. The van der Waals surface area contributed by atoms with E-state index < -0.39 is 12.1 Å². The number of nitrogens with two attached hydrogens (primary N) is 2. The Kier molecular flexibility index (Phi) is 5.21. The minimum atomic E-state index is -1.08. The lowest BCUT2D eigenvalue weighted by Crippen LogP contribution is -2.43. The summed E-state index contributed by atoms with van der Waals surface area (Å²) >= 11 is 0. The van der Waals surface area contributed by atoms with Crippen LogP contribution >= 0.6 is 0 Å². The molecule has 0 radical (unpaired) electrons. The molecule has 0 saturated carbocycles. The quantitative estimate of drug-likeness (QED) is 0.620. The van der Waals surface area contributed by atoms with Crippen molar-refractivity contribution >= 4 is 23.5 Å². The van der Waals surface area contributed by atoms with E-state index in [4.69, 9.17) is 11.5 Å². The Morgan fingerprint density at radius 3 is 2.85 bits per heavy atom. The number of nitrogens with one attached hydrogen (secondary N) is 1. The normalized spacial score (nSPS) is 20.5. The van der Waals surface area contributed by atoms with E-state index in [0.717, 1.165) is 0 Å². The van der Waals surface area contributed by atoms with Gasteiger partial charge < -0.3 is 26.5 Å². The zero-order valence-corrected chi connectivity index (χ0v) is 14.9. The third-order valence-corrected chi connectivity index (χ3v) is 4.84. The van der Waals surface area contributed by atoms with Crippen molar-refractivity contribution in [2.45, 2.75) is 18.5 Å². The van der Waals surface area contributed by atoms with Gasteiger partial charge in [0.05, 0.1) is 0 Å². The number of halogens is 1. The molecule has 27 heavy (non-hydrogen) atoms. The number of aromatic amines is 1. The summed E-state index contributed by atoms with van der Waals surface area (Å²) in [5.41, 5.74) is 14.2. The number of piperidine rings is 1. The molecule has 2 heterocycles. The molecule has 0 bridgehead atoms. The van der Waals surface area contributed by atoms with Gasteiger partial charge >= 0.3 is 0 Å². The number of hydrogen-bond donors (Lipinski definition) is 4. The summed E-state index contributed by atoms with van der Waals surface area (Å²) in [5.74, 6) is -0.299. The fraction of sp³-hybridized carbons (Fsp3) is 0.250. The number of alkyl halides is 1. The van der Waals surface area contributed by atoms with Gasteiger partial charge in [-0.2, -0.15) is 0 Å². The molecule has 6 N–H and O–H groups in total. The monoisotopic (exact) mass is 370 g/mol. The number of nitrogens with zero attached hydrogens (tertiary/aromatic N) is 1. The van der Waals surface area contributed by atoms with E-state index in [9.17, 15) is 14.3 Å². The maximum Gasteiger partial charge on any atom is 0.245 e. The van der Waals surface area contributed by atoms with Crippen LogP contribution in [-0.4, -0.2) is 40.2 Å². The van der Waals surface area contributed by atoms with E-state index in [-0.39, 0.29) is 24.6 Å². The molecule has 0 spiro atoms. The van der Waals surface area contributed by atoms with Crippen molar-refractivity contribution in [2.75, 3.05) is 18.8 Å². The zero-order valence-electron chi connectivity index (χ0n) is 14.9. The summed E-state index contributed by atoms with van der Waals surface area (Å²) in [7, 11) is 0.